The van der Waals surface area contributed by atoms with Crippen molar-refractivity contribution in [1.29, 1.82) is 0 Å². The van der Waals surface area contributed by atoms with Crippen molar-refractivity contribution in [2.24, 2.45) is 0 Å². The van der Waals surface area contributed by atoms with Gasteiger partial charge in [0.15, 0.2) is 11.5 Å². The molecule has 2 amide bonds. The maximum Gasteiger partial charge on any atom is 0.317 e. The molecule has 118 valence electrons. The van der Waals surface area contributed by atoms with E-state index < -0.39 is 0 Å². The van der Waals surface area contributed by atoms with Crippen LogP contribution in [-0.2, 0) is 6.54 Å². The topological polar surface area (TPSA) is 50.8 Å². The molecule has 1 aromatic rings. The molecular weight excluding hydrogens is 300 g/mol. The van der Waals surface area contributed by atoms with Crippen LogP contribution in [0.4, 0.5) is 4.79 Å². The summed E-state index contributed by atoms with van der Waals surface area (Å²) in [7, 11) is 1.58. The van der Waals surface area contributed by atoms with Gasteiger partial charge in [-0.3, -0.25) is 0 Å². The predicted molar refractivity (Wildman–Crippen MR) is 88.5 cm³/mol. The number of carbonyl (C=O) groups excluding carboxylic acids is 1. The van der Waals surface area contributed by atoms with E-state index in [1.807, 2.05) is 34.9 Å². The fourth-order valence-corrected chi connectivity index (χ4v) is 3.02. The SMILES string of the molecule is C#CCOc1cc(CNC(=O)N2CCSCC2)ccc1OC. The lowest BCUT2D eigenvalue weighted by atomic mass is 10.2. The number of carbonyl (C=O) groups is 1. The van der Waals surface area contributed by atoms with E-state index >= 15 is 0 Å². The van der Waals surface area contributed by atoms with Gasteiger partial charge < -0.3 is 19.7 Å². The number of nitrogens with one attached hydrogen (secondary N) is 1. The maximum atomic E-state index is 12.1. The molecule has 0 radical (unpaired) electrons. The number of rotatable bonds is 5. The summed E-state index contributed by atoms with van der Waals surface area (Å²) in [5.74, 6) is 5.63. The van der Waals surface area contributed by atoms with E-state index in [0.717, 1.165) is 30.2 Å². The molecule has 1 aliphatic rings. The van der Waals surface area contributed by atoms with Crippen molar-refractivity contribution in [1.82, 2.24) is 10.2 Å². The van der Waals surface area contributed by atoms with Crippen molar-refractivity contribution in [2.75, 3.05) is 38.3 Å². The van der Waals surface area contributed by atoms with E-state index in [-0.39, 0.29) is 12.6 Å². The fourth-order valence-electron chi connectivity index (χ4n) is 2.12. The molecule has 22 heavy (non-hydrogen) atoms. The van der Waals surface area contributed by atoms with Gasteiger partial charge in [0.05, 0.1) is 7.11 Å². The Balaban J connectivity index is 1.94. The number of hydrogen-bond acceptors (Lipinski definition) is 4. The molecule has 0 aliphatic carbocycles. The minimum Gasteiger partial charge on any atom is -0.493 e. The van der Waals surface area contributed by atoms with Crippen LogP contribution in [-0.4, -0.2) is 49.2 Å². The molecule has 5 nitrogen and oxygen atoms in total. The molecule has 1 aliphatic heterocycles. The summed E-state index contributed by atoms with van der Waals surface area (Å²) in [6, 6.07) is 5.52. The Kier molecular flexibility index (Phi) is 6.28. The van der Waals surface area contributed by atoms with Gasteiger partial charge in [-0.2, -0.15) is 11.8 Å². The highest BCUT2D eigenvalue weighted by molar-refractivity contribution is 7.99. The van der Waals surface area contributed by atoms with E-state index in [1.165, 1.54) is 0 Å². The summed E-state index contributed by atoms with van der Waals surface area (Å²) in [5, 5.41) is 2.93. The van der Waals surface area contributed by atoms with E-state index in [2.05, 4.69) is 11.2 Å². The second-order valence-electron chi connectivity index (χ2n) is 4.74. The largest absolute Gasteiger partial charge is 0.493 e. The van der Waals surface area contributed by atoms with Crippen LogP contribution in [0.15, 0.2) is 18.2 Å². The Bertz CT molecular complexity index is 551. The van der Waals surface area contributed by atoms with Crippen LogP contribution in [0.1, 0.15) is 5.56 Å². The lowest BCUT2D eigenvalue weighted by Gasteiger charge is -2.26. The molecule has 1 saturated heterocycles. The monoisotopic (exact) mass is 320 g/mol. The van der Waals surface area contributed by atoms with Crippen molar-refractivity contribution >= 4 is 17.8 Å². The standard InChI is InChI=1S/C16H20N2O3S/c1-3-8-21-15-11-13(4-5-14(15)20-2)12-17-16(19)18-6-9-22-10-7-18/h1,4-5,11H,6-10,12H2,2H3,(H,17,19). The van der Waals surface area contributed by atoms with E-state index in [9.17, 15) is 4.79 Å². The van der Waals surface area contributed by atoms with Gasteiger partial charge in [0.2, 0.25) is 0 Å². The lowest BCUT2D eigenvalue weighted by molar-refractivity contribution is 0.202. The third-order valence-corrected chi connectivity index (χ3v) is 4.22. The van der Waals surface area contributed by atoms with Gasteiger partial charge in [-0.25, -0.2) is 4.79 Å². The first-order valence-corrected chi connectivity index (χ1v) is 8.23. The number of ether oxygens (including phenoxy) is 2. The quantitative estimate of drug-likeness (QED) is 0.843. The van der Waals surface area contributed by atoms with Crippen molar-refractivity contribution in [3.63, 3.8) is 0 Å². The molecule has 1 heterocycles. The Morgan fingerprint density at radius 2 is 2.18 bits per heavy atom. The first kappa shape index (κ1) is 16.4. The molecule has 0 atom stereocenters. The first-order valence-electron chi connectivity index (χ1n) is 7.08. The average molecular weight is 320 g/mol. The van der Waals surface area contributed by atoms with Crippen molar-refractivity contribution in [3.05, 3.63) is 23.8 Å². The molecular formula is C16H20N2O3S. The summed E-state index contributed by atoms with van der Waals surface area (Å²) in [6.07, 6.45) is 5.21. The molecule has 0 bridgehead atoms. The van der Waals surface area contributed by atoms with Crippen LogP contribution in [0.3, 0.4) is 0 Å². The minimum absolute atomic E-state index is 0.0257. The van der Waals surface area contributed by atoms with E-state index in [4.69, 9.17) is 15.9 Å². The lowest BCUT2D eigenvalue weighted by Crippen LogP contribution is -2.44. The highest BCUT2D eigenvalue weighted by Gasteiger charge is 2.16. The van der Waals surface area contributed by atoms with Gasteiger partial charge in [-0.1, -0.05) is 12.0 Å². The minimum atomic E-state index is -0.0257. The second-order valence-corrected chi connectivity index (χ2v) is 5.96. The van der Waals surface area contributed by atoms with Crippen molar-refractivity contribution in [2.45, 2.75) is 6.54 Å². The zero-order valence-electron chi connectivity index (χ0n) is 12.6. The Morgan fingerprint density at radius 3 is 2.86 bits per heavy atom. The smallest absolute Gasteiger partial charge is 0.317 e. The van der Waals surface area contributed by atoms with Crippen molar-refractivity contribution < 1.29 is 14.3 Å². The zero-order chi connectivity index (χ0) is 15.8. The summed E-state index contributed by atoms with van der Waals surface area (Å²) in [4.78, 5) is 13.9. The van der Waals surface area contributed by atoms with Crippen LogP contribution in [0, 0.1) is 12.3 Å². The third-order valence-electron chi connectivity index (χ3n) is 3.28. The maximum absolute atomic E-state index is 12.1. The molecule has 0 unspecified atom stereocenters. The van der Waals surface area contributed by atoms with Gasteiger partial charge >= 0.3 is 6.03 Å². The summed E-state index contributed by atoms with van der Waals surface area (Å²) in [5.41, 5.74) is 0.938. The fraction of sp³-hybridized carbons (Fsp3) is 0.438. The van der Waals surface area contributed by atoms with Crippen LogP contribution >= 0.6 is 11.8 Å². The van der Waals surface area contributed by atoms with Crippen LogP contribution in [0.25, 0.3) is 0 Å². The molecule has 6 heteroatoms. The van der Waals surface area contributed by atoms with Crippen LogP contribution in [0.5, 0.6) is 11.5 Å². The van der Waals surface area contributed by atoms with Crippen molar-refractivity contribution in [3.8, 4) is 23.8 Å². The Hall–Kier alpha value is -2.00. The second kappa shape index (κ2) is 8.44. The highest BCUT2D eigenvalue weighted by atomic mass is 32.2. The molecule has 1 N–H and O–H groups in total. The Labute approximate surface area is 135 Å². The van der Waals surface area contributed by atoms with Gasteiger partial charge in [0, 0.05) is 31.1 Å². The molecule has 0 aromatic heterocycles. The average Bonchev–Trinajstić information content (AvgIpc) is 2.58. The number of hydrogen-bond donors (Lipinski definition) is 1. The van der Waals surface area contributed by atoms with Crippen LogP contribution in [0.2, 0.25) is 0 Å². The number of thioether (sulfide) groups is 1. The Morgan fingerprint density at radius 1 is 1.41 bits per heavy atom. The number of urea groups is 1. The van der Waals surface area contributed by atoms with Gasteiger partial charge in [0.25, 0.3) is 0 Å². The van der Waals surface area contributed by atoms with Gasteiger partial charge in [0.1, 0.15) is 6.61 Å². The van der Waals surface area contributed by atoms with E-state index in [0.29, 0.717) is 18.0 Å². The van der Waals surface area contributed by atoms with Gasteiger partial charge in [-0.05, 0) is 17.7 Å². The molecule has 0 saturated carbocycles. The number of terminal acetylenes is 1. The molecule has 1 fully saturated rings. The normalized spacial score (nSPS) is 14.1. The summed E-state index contributed by atoms with van der Waals surface area (Å²) >= 11 is 1.88. The van der Waals surface area contributed by atoms with Gasteiger partial charge in [-0.15, -0.1) is 6.42 Å². The molecule has 0 spiro atoms. The molecule has 1 aromatic carbocycles. The number of benzene rings is 1. The third kappa shape index (κ3) is 4.50. The molecule has 2 rings (SSSR count). The number of nitrogens with zero attached hydrogens (tertiary/aromatic N) is 1. The number of methoxy groups -OCH3 is 1. The summed E-state index contributed by atoms with van der Waals surface area (Å²) in [6.45, 7) is 2.22. The highest BCUT2D eigenvalue weighted by Crippen LogP contribution is 2.28. The summed E-state index contributed by atoms with van der Waals surface area (Å²) < 4.78 is 10.7. The van der Waals surface area contributed by atoms with E-state index in [1.54, 1.807) is 7.11 Å². The zero-order valence-corrected chi connectivity index (χ0v) is 13.4. The first-order chi connectivity index (χ1) is 10.7. The predicted octanol–water partition coefficient (Wildman–Crippen LogP) is 1.97. The number of amides is 2. The van der Waals surface area contributed by atoms with Crippen LogP contribution < -0.4 is 14.8 Å².